The van der Waals surface area contributed by atoms with Crippen LogP contribution in [-0.2, 0) is 14.3 Å². The highest BCUT2D eigenvalue weighted by Crippen LogP contribution is 2.44. The van der Waals surface area contributed by atoms with Gasteiger partial charge in [0, 0.05) is 6.42 Å². The second kappa shape index (κ2) is 6.83. The van der Waals surface area contributed by atoms with Crippen molar-refractivity contribution in [3.8, 4) is 0 Å². The molecule has 0 spiro atoms. The van der Waals surface area contributed by atoms with E-state index in [1.807, 2.05) is 36.6 Å². The van der Waals surface area contributed by atoms with Gasteiger partial charge in [-0.3, -0.25) is 4.79 Å². The Morgan fingerprint density at radius 1 is 1.35 bits per heavy atom. The molecule has 1 aliphatic rings. The third-order valence-corrected chi connectivity index (χ3v) is 5.01. The minimum Gasteiger partial charge on any atom is -0.465 e. The second-order valence-electron chi connectivity index (χ2n) is 6.47. The van der Waals surface area contributed by atoms with E-state index >= 15 is 0 Å². The van der Waals surface area contributed by atoms with E-state index in [-0.39, 0.29) is 5.97 Å². The zero-order valence-electron chi connectivity index (χ0n) is 13.9. The molecule has 1 saturated heterocycles. The molecule has 5 nitrogen and oxygen atoms in total. The third-order valence-electron chi connectivity index (χ3n) is 3.68. The quantitative estimate of drug-likeness (QED) is 0.854. The molecule has 0 aliphatic carbocycles. The van der Waals surface area contributed by atoms with Crippen molar-refractivity contribution < 1.29 is 19.1 Å². The number of amides is 1. The molecule has 1 aromatic rings. The smallest absolute Gasteiger partial charge is 0.408 e. The lowest BCUT2D eigenvalue weighted by Gasteiger charge is -2.34. The number of cyclic esters (lactones) is 1. The lowest BCUT2D eigenvalue weighted by Crippen LogP contribution is -2.48. The Bertz CT molecular complexity index is 570. The maximum absolute atomic E-state index is 12.4. The Labute approximate surface area is 141 Å². The number of hydrogen-bond acceptors (Lipinski definition) is 5. The van der Waals surface area contributed by atoms with Gasteiger partial charge in [-0.05, 0) is 32.6 Å². The van der Waals surface area contributed by atoms with Crippen molar-refractivity contribution in [3.05, 3.63) is 35.9 Å². The monoisotopic (exact) mass is 337 g/mol. The third kappa shape index (κ3) is 3.99. The number of alkyl carbamates (subject to hydrolysis) is 1. The number of carbonyl (C=O) groups is 2. The molecule has 6 heteroatoms. The summed E-state index contributed by atoms with van der Waals surface area (Å²) in [4.78, 5) is 24.6. The molecule has 0 bridgehead atoms. The summed E-state index contributed by atoms with van der Waals surface area (Å²) in [5.41, 5.74) is 0.250. The van der Waals surface area contributed by atoms with Crippen LogP contribution in [0.3, 0.4) is 0 Å². The minimum absolute atomic E-state index is 0.296. The summed E-state index contributed by atoms with van der Waals surface area (Å²) in [5.74, 6) is -0.296. The summed E-state index contributed by atoms with van der Waals surface area (Å²) in [6, 6.07) is 8.94. The molecule has 0 aromatic heterocycles. The second-order valence-corrected chi connectivity index (χ2v) is 7.61. The van der Waals surface area contributed by atoms with Crippen LogP contribution >= 0.6 is 11.8 Å². The van der Waals surface area contributed by atoms with Gasteiger partial charge < -0.3 is 14.8 Å². The van der Waals surface area contributed by atoms with Crippen LogP contribution in [0.5, 0.6) is 0 Å². The van der Waals surface area contributed by atoms with Crippen molar-refractivity contribution in [3.63, 3.8) is 0 Å². The first-order chi connectivity index (χ1) is 10.8. The molecule has 126 valence electrons. The fourth-order valence-electron chi connectivity index (χ4n) is 2.63. The van der Waals surface area contributed by atoms with Crippen molar-refractivity contribution in [2.45, 2.75) is 43.6 Å². The molecule has 1 heterocycles. The van der Waals surface area contributed by atoms with Crippen molar-refractivity contribution >= 4 is 23.8 Å². The summed E-state index contributed by atoms with van der Waals surface area (Å²) in [6.07, 6.45) is 1.86. The Kier molecular flexibility index (Phi) is 5.24. The Morgan fingerprint density at radius 3 is 2.48 bits per heavy atom. The van der Waals surface area contributed by atoms with Crippen LogP contribution in [-0.4, -0.2) is 35.3 Å². The van der Waals surface area contributed by atoms with E-state index in [0.717, 1.165) is 5.56 Å². The Hall–Kier alpha value is -1.69. The Morgan fingerprint density at radius 2 is 2.00 bits per heavy atom. The van der Waals surface area contributed by atoms with E-state index in [1.165, 1.54) is 11.8 Å². The average Bonchev–Trinajstić information content (AvgIpc) is 2.86. The predicted molar refractivity (Wildman–Crippen MR) is 90.4 cm³/mol. The SMILES string of the molecule is CS[C@@]1([C@@H](NC(=O)OC(C)(C)C)c2ccccc2)CCOC1=O. The Balaban J connectivity index is 2.33. The number of ether oxygens (including phenoxy) is 2. The van der Waals surface area contributed by atoms with Gasteiger partial charge in [0.1, 0.15) is 10.3 Å². The van der Waals surface area contributed by atoms with Gasteiger partial charge in [0.05, 0.1) is 12.6 Å². The molecule has 1 aromatic carbocycles. The summed E-state index contributed by atoms with van der Waals surface area (Å²) >= 11 is 1.41. The standard InChI is InChI=1S/C17H23NO4S/c1-16(2,3)22-15(20)18-13(12-8-6-5-7-9-12)17(23-4)10-11-21-14(17)19/h5-9,13H,10-11H2,1-4H3,(H,18,20)/t13-,17+/m0/s1. The van der Waals surface area contributed by atoms with E-state index in [1.54, 1.807) is 20.8 Å². The van der Waals surface area contributed by atoms with Crippen LogP contribution < -0.4 is 5.32 Å². The van der Waals surface area contributed by atoms with E-state index in [4.69, 9.17) is 9.47 Å². The number of esters is 1. The molecular formula is C17H23NO4S. The first kappa shape index (κ1) is 17.7. The van der Waals surface area contributed by atoms with Crippen LogP contribution in [0.25, 0.3) is 0 Å². The van der Waals surface area contributed by atoms with Gasteiger partial charge in [-0.1, -0.05) is 30.3 Å². The van der Waals surface area contributed by atoms with E-state index in [2.05, 4.69) is 5.32 Å². The topological polar surface area (TPSA) is 64.6 Å². The number of carbonyl (C=O) groups excluding carboxylic acids is 2. The molecule has 0 saturated carbocycles. The van der Waals surface area contributed by atoms with Gasteiger partial charge >= 0.3 is 12.1 Å². The highest BCUT2D eigenvalue weighted by molar-refractivity contribution is 8.00. The largest absolute Gasteiger partial charge is 0.465 e. The number of rotatable bonds is 4. The van der Waals surface area contributed by atoms with Crippen molar-refractivity contribution in [2.24, 2.45) is 0 Å². The summed E-state index contributed by atoms with van der Waals surface area (Å²) in [6.45, 7) is 5.77. The molecule has 2 atom stereocenters. The normalized spacial score (nSPS) is 22.3. The molecule has 1 aliphatic heterocycles. The molecule has 1 amide bonds. The van der Waals surface area contributed by atoms with E-state index in [0.29, 0.717) is 13.0 Å². The zero-order valence-corrected chi connectivity index (χ0v) is 14.7. The molecule has 2 rings (SSSR count). The summed E-state index contributed by atoms with van der Waals surface area (Å²) in [7, 11) is 0. The average molecular weight is 337 g/mol. The van der Waals surface area contributed by atoms with Gasteiger partial charge in [0.25, 0.3) is 0 Å². The highest BCUT2D eigenvalue weighted by Gasteiger charge is 2.52. The zero-order chi connectivity index (χ0) is 17.1. The van der Waals surface area contributed by atoms with Gasteiger partial charge in [-0.25, -0.2) is 4.79 Å². The maximum Gasteiger partial charge on any atom is 0.408 e. The van der Waals surface area contributed by atoms with E-state index in [9.17, 15) is 9.59 Å². The molecular weight excluding hydrogens is 314 g/mol. The van der Waals surface area contributed by atoms with Crippen LogP contribution in [0, 0.1) is 0 Å². The fraction of sp³-hybridized carbons (Fsp3) is 0.529. The maximum atomic E-state index is 12.4. The lowest BCUT2D eigenvalue weighted by atomic mass is 9.91. The lowest BCUT2D eigenvalue weighted by molar-refractivity contribution is -0.140. The van der Waals surface area contributed by atoms with Crippen LogP contribution in [0.1, 0.15) is 38.8 Å². The first-order valence-electron chi connectivity index (χ1n) is 7.55. The fourth-order valence-corrected chi connectivity index (χ4v) is 3.57. The van der Waals surface area contributed by atoms with Gasteiger partial charge in [0.15, 0.2) is 0 Å². The minimum atomic E-state index is -0.835. The summed E-state index contributed by atoms with van der Waals surface area (Å²) < 4.78 is 9.72. The highest BCUT2D eigenvalue weighted by atomic mass is 32.2. The van der Waals surface area contributed by atoms with Gasteiger partial charge in [-0.2, -0.15) is 0 Å². The van der Waals surface area contributed by atoms with Crippen LogP contribution in [0.4, 0.5) is 4.79 Å². The number of nitrogens with one attached hydrogen (secondary N) is 1. The summed E-state index contributed by atoms with van der Waals surface area (Å²) in [5, 5.41) is 2.87. The number of thioether (sulfide) groups is 1. The number of hydrogen-bond donors (Lipinski definition) is 1. The molecule has 1 fully saturated rings. The van der Waals surface area contributed by atoms with Crippen molar-refractivity contribution in [1.82, 2.24) is 5.32 Å². The van der Waals surface area contributed by atoms with Crippen LogP contribution in [0.2, 0.25) is 0 Å². The van der Waals surface area contributed by atoms with Gasteiger partial charge in [-0.15, -0.1) is 11.8 Å². The van der Waals surface area contributed by atoms with E-state index < -0.39 is 22.5 Å². The number of benzene rings is 1. The van der Waals surface area contributed by atoms with Crippen molar-refractivity contribution in [1.29, 1.82) is 0 Å². The van der Waals surface area contributed by atoms with Gasteiger partial charge in [0.2, 0.25) is 0 Å². The first-order valence-corrected chi connectivity index (χ1v) is 8.78. The van der Waals surface area contributed by atoms with Crippen molar-refractivity contribution in [2.75, 3.05) is 12.9 Å². The molecule has 23 heavy (non-hydrogen) atoms. The predicted octanol–water partition coefficient (Wildman–Crippen LogP) is 3.30. The molecule has 0 unspecified atom stereocenters. The van der Waals surface area contributed by atoms with Crippen LogP contribution in [0.15, 0.2) is 30.3 Å². The molecule has 0 radical (unpaired) electrons. The molecule has 1 N–H and O–H groups in total.